The number of aliphatic hydroxyl groups excluding tert-OH is 2. The topological polar surface area (TPSA) is 40.5 Å². The highest BCUT2D eigenvalue weighted by Crippen LogP contribution is 2.14. The Bertz CT molecular complexity index is 271. The Labute approximate surface area is 91.6 Å². The third-order valence-corrected chi connectivity index (χ3v) is 2.91. The second kappa shape index (κ2) is 5.89. The van der Waals surface area contributed by atoms with Crippen molar-refractivity contribution in [1.82, 2.24) is 0 Å². The van der Waals surface area contributed by atoms with Crippen LogP contribution in [0.4, 0.5) is 0 Å². The third kappa shape index (κ3) is 3.65. The molecule has 0 heterocycles. The van der Waals surface area contributed by atoms with E-state index in [-0.39, 0.29) is 5.92 Å². The lowest BCUT2D eigenvalue weighted by Gasteiger charge is -2.22. The molecule has 0 amide bonds. The van der Waals surface area contributed by atoms with Crippen LogP contribution >= 0.6 is 0 Å². The van der Waals surface area contributed by atoms with Gasteiger partial charge in [0.25, 0.3) is 0 Å². The smallest absolute Gasteiger partial charge is 0.0841 e. The molecule has 0 aliphatic heterocycles. The average molecular weight is 208 g/mol. The van der Waals surface area contributed by atoms with Gasteiger partial charge >= 0.3 is 0 Å². The lowest BCUT2D eigenvalue weighted by atomic mass is 9.93. The van der Waals surface area contributed by atoms with Crippen LogP contribution in [0.15, 0.2) is 30.3 Å². The van der Waals surface area contributed by atoms with Gasteiger partial charge < -0.3 is 10.2 Å². The largest absolute Gasteiger partial charge is 0.390 e. The molecule has 3 atom stereocenters. The van der Waals surface area contributed by atoms with Gasteiger partial charge in [0.1, 0.15) is 0 Å². The van der Waals surface area contributed by atoms with Crippen molar-refractivity contribution in [3.63, 3.8) is 0 Å². The quantitative estimate of drug-likeness (QED) is 0.777. The summed E-state index contributed by atoms with van der Waals surface area (Å²) < 4.78 is 0. The van der Waals surface area contributed by atoms with E-state index < -0.39 is 12.2 Å². The van der Waals surface area contributed by atoms with Crippen molar-refractivity contribution in [3.8, 4) is 0 Å². The molecule has 0 saturated carbocycles. The summed E-state index contributed by atoms with van der Waals surface area (Å²) in [5.41, 5.74) is 1.06. The van der Waals surface area contributed by atoms with Crippen LogP contribution in [-0.2, 0) is 6.42 Å². The van der Waals surface area contributed by atoms with E-state index in [0.29, 0.717) is 6.42 Å². The monoisotopic (exact) mass is 208 g/mol. The van der Waals surface area contributed by atoms with E-state index >= 15 is 0 Å². The van der Waals surface area contributed by atoms with Crippen molar-refractivity contribution in [2.24, 2.45) is 5.92 Å². The molecule has 2 nitrogen and oxygen atoms in total. The fraction of sp³-hybridized carbons (Fsp3) is 0.538. The number of hydrogen-bond donors (Lipinski definition) is 2. The van der Waals surface area contributed by atoms with Gasteiger partial charge in [0.2, 0.25) is 0 Å². The van der Waals surface area contributed by atoms with Crippen molar-refractivity contribution in [2.75, 3.05) is 0 Å². The van der Waals surface area contributed by atoms with Crippen LogP contribution in [0.1, 0.15) is 25.8 Å². The SMILES string of the molecule is CC[C@H](C)[C@H](O)[C@H](O)Cc1ccccc1. The molecule has 84 valence electrons. The maximum Gasteiger partial charge on any atom is 0.0841 e. The highest BCUT2D eigenvalue weighted by molar-refractivity contribution is 5.15. The van der Waals surface area contributed by atoms with E-state index in [0.717, 1.165) is 12.0 Å². The van der Waals surface area contributed by atoms with E-state index in [1.165, 1.54) is 0 Å². The normalized spacial score (nSPS) is 17.1. The molecule has 0 aliphatic carbocycles. The summed E-state index contributed by atoms with van der Waals surface area (Å²) in [5.74, 6) is 0.142. The predicted octanol–water partition coefficient (Wildman–Crippen LogP) is 2.00. The maximum atomic E-state index is 9.82. The van der Waals surface area contributed by atoms with Crippen LogP contribution in [0.25, 0.3) is 0 Å². The molecule has 1 aromatic rings. The standard InChI is InChI=1S/C13H20O2/c1-3-10(2)13(15)12(14)9-11-7-5-4-6-8-11/h4-8,10,12-15H,3,9H2,1-2H3/t10-,12+,13-/m0/s1. The van der Waals surface area contributed by atoms with E-state index in [1.807, 2.05) is 44.2 Å². The number of rotatable bonds is 5. The number of benzene rings is 1. The number of aliphatic hydroxyl groups is 2. The Morgan fingerprint density at radius 2 is 1.73 bits per heavy atom. The second-order valence-corrected chi connectivity index (χ2v) is 4.13. The van der Waals surface area contributed by atoms with Gasteiger partial charge in [-0.25, -0.2) is 0 Å². The molecule has 0 spiro atoms. The van der Waals surface area contributed by atoms with Gasteiger partial charge in [-0.2, -0.15) is 0 Å². The fourth-order valence-corrected chi connectivity index (χ4v) is 1.60. The molecule has 2 heteroatoms. The molecular weight excluding hydrogens is 188 g/mol. The zero-order valence-electron chi connectivity index (χ0n) is 9.43. The number of hydrogen-bond acceptors (Lipinski definition) is 2. The molecule has 1 rings (SSSR count). The van der Waals surface area contributed by atoms with E-state index in [4.69, 9.17) is 0 Å². The van der Waals surface area contributed by atoms with Gasteiger partial charge in [-0.1, -0.05) is 50.6 Å². The Hall–Kier alpha value is -0.860. The first-order valence-corrected chi connectivity index (χ1v) is 5.55. The molecule has 0 radical (unpaired) electrons. The fourth-order valence-electron chi connectivity index (χ4n) is 1.60. The summed E-state index contributed by atoms with van der Waals surface area (Å²) in [6.45, 7) is 3.97. The van der Waals surface area contributed by atoms with Gasteiger partial charge in [-0.3, -0.25) is 0 Å². The maximum absolute atomic E-state index is 9.82. The highest BCUT2D eigenvalue weighted by Gasteiger charge is 2.21. The Morgan fingerprint density at radius 1 is 1.13 bits per heavy atom. The van der Waals surface area contributed by atoms with Crippen LogP contribution < -0.4 is 0 Å². The molecule has 0 aliphatic rings. The Kier molecular flexibility index (Phi) is 4.79. The van der Waals surface area contributed by atoms with Crippen molar-refractivity contribution in [3.05, 3.63) is 35.9 Å². The van der Waals surface area contributed by atoms with Crippen LogP contribution in [0.3, 0.4) is 0 Å². The van der Waals surface area contributed by atoms with Gasteiger partial charge in [-0.05, 0) is 11.5 Å². The lowest BCUT2D eigenvalue weighted by molar-refractivity contribution is -0.0128. The molecule has 1 aromatic carbocycles. The first-order valence-electron chi connectivity index (χ1n) is 5.55. The first kappa shape index (κ1) is 12.2. The summed E-state index contributed by atoms with van der Waals surface area (Å²) in [4.78, 5) is 0. The van der Waals surface area contributed by atoms with E-state index in [2.05, 4.69) is 0 Å². The predicted molar refractivity (Wildman–Crippen MR) is 61.6 cm³/mol. The van der Waals surface area contributed by atoms with Gasteiger partial charge in [0.15, 0.2) is 0 Å². The molecule has 15 heavy (non-hydrogen) atoms. The Morgan fingerprint density at radius 3 is 2.27 bits per heavy atom. The molecule has 2 N–H and O–H groups in total. The Balaban J connectivity index is 2.52. The van der Waals surface area contributed by atoms with Crippen LogP contribution in [-0.4, -0.2) is 22.4 Å². The zero-order chi connectivity index (χ0) is 11.3. The minimum atomic E-state index is -0.664. The minimum absolute atomic E-state index is 0.142. The van der Waals surface area contributed by atoms with Crippen molar-refractivity contribution >= 4 is 0 Å². The van der Waals surface area contributed by atoms with Crippen LogP contribution in [0.5, 0.6) is 0 Å². The summed E-state index contributed by atoms with van der Waals surface area (Å²) in [6.07, 6.45) is 0.108. The summed E-state index contributed by atoms with van der Waals surface area (Å²) in [5, 5.41) is 19.6. The van der Waals surface area contributed by atoms with Gasteiger partial charge in [-0.15, -0.1) is 0 Å². The van der Waals surface area contributed by atoms with Crippen molar-refractivity contribution in [1.29, 1.82) is 0 Å². The summed E-state index contributed by atoms with van der Waals surface area (Å²) in [7, 11) is 0. The summed E-state index contributed by atoms with van der Waals surface area (Å²) in [6, 6.07) is 9.76. The molecule has 0 fully saturated rings. The van der Waals surface area contributed by atoms with Crippen molar-refractivity contribution in [2.45, 2.75) is 38.9 Å². The molecular formula is C13H20O2. The van der Waals surface area contributed by atoms with Gasteiger partial charge in [0, 0.05) is 6.42 Å². The highest BCUT2D eigenvalue weighted by atomic mass is 16.3. The summed E-state index contributed by atoms with van der Waals surface area (Å²) >= 11 is 0. The van der Waals surface area contributed by atoms with Crippen LogP contribution in [0, 0.1) is 5.92 Å². The van der Waals surface area contributed by atoms with Gasteiger partial charge in [0.05, 0.1) is 12.2 Å². The molecule has 0 unspecified atom stereocenters. The molecule has 0 bridgehead atoms. The lowest BCUT2D eigenvalue weighted by Crippen LogP contribution is -2.33. The van der Waals surface area contributed by atoms with Crippen LogP contribution in [0.2, 0.25) is 0 Å². The first-order chi connectivity index (χ1) is 7.15. The van der Waals surface area contributed by atoms with E-state index in [9.17, 15) is 10.2 Å². The van der Waals surface area contributed by atoms with Crippen molar-refractivity contribution < 1.29 is 10.2 Å². The second-order valence-electron chi connectivity index (χ2n) is 4.13. The molecule has 0 aromatic heterocycles. The zero-order valence-corrected chi connectivity index (χ0v) is 9.43. The average Bonchev–Trinajstić information content (AvgIpc) is 2.28. The molecule has 0 saturated heterocycles. The van der Waals surface area contributed by atoms with E-state index in [1.54, 1.807) is 0 Å². The minimum Gasteiger partial charge on any atom is -0.390 e. The third-order valence-electron chi connectivity index (χ3n) is 2.91.